The van der Waals surface area contributed by atoms with Gasteiger partial charge in [0.15, 0.2) is 0 Å². The van der Waals surface area contributed by atoms with Crippen LogP contribution in [0.5, 0.6) is 0 Å². The molecule has 0 radical (unpaired) electrons. The summed E-state index contributed by atoms with van der Waals surface area (Å²) in [6, 6.07) is 2.07. The second-order valence-corrected chi connectivity index (χ2v) is 4.93. The maximum atomic E-state index is 5.68. The summed E-state index contributed by atoms with van der Waals surface area (Å²) in [4.78, 5) is 2.32. The van der Waals surface area contributed by atoms with E-state index in [-0.39, 0.29) is 6.10 Å². The van der Waals surface area contributed by atoms with Gasteiger partial charge in [-0.05, 0) is 31.9 Å². The van der Waals surface area contributed by atoms with Gasteiger partial charge in [0.1, 0.15) is 11.9 Å². The Hall–Kier alpha value is -1.33. The molecule has 104 valence electrons. The summed E-state index contributed by atoms with van der Waals surface area (Å²) in [6.07, 6.45) is 6.54. The van der Waals surface area contributed by atoms with E-state index in [1.807, 2.05) is 10.9 Å². The van der Waals surface area contributed by atoms with Crippen molar-refractivity contribution in [3.63, 3.8) is 0 Å². The fourth-order valence-electron chi connectivity index (χ4n) is 2.70. The van der Waals surface area contributed by atoms with Gasteiger partial charge in [-0.2, -0.15) is 5.10 Å². The predicted molar refractivity (Wildman–Crippen MR) is 72.5 cm³/mol. The van der Waals surface area contributed by atoms with Crippen molar-refractivity contribution in [1.82, 2.24) is 14.7 Å². The number of ether oxygens (including phenoxy) is 2. The summed E-state index contributed by atoms with van der Waals surface area (Å²) in [6.45, 7) is 6.34. The zero-order valence-electron chi connectivity index (χ0n) is 11.4. The Balaban J connectivity index is 1.76. The Morgan fingerprint density at radius 1 is 1.37 bits per heavy atom. The molecule has 0 amide bonds. The van der Waals surface area contributed by atoms with Crippen LogP contribution in [0.3, 0.4) is 0 Å². The van der Waals surface area contributed by atoms with E-state index in [0.717, 1.165) is 57.3 Å². The van der Waals surface area contributed by atoms with Gasteiger partial charge in [0.2, 0.25) is 0 Å². The second-order valence-electron chi connectivity index (χ2n) is 4.93. The lowest BCUT2D eigenvalue weighted by Crippen LogP contribution is -2.36. The van der Waals surface area contributed by atoms with Gasteiger partial charge in [0.25, 0.3) is 0 Å². The molecule has 0 N–H and O–H groups in total. The van der Waals surface area contributed by atoms with Crippen LogP contribution in [0.1, 0.15) is 31.6 Å². The minimum absolute atomic E-state index is 0.184. The quantitative estimate of drug-likeness (QED) is 0.835. The minimum Gasteiger partial charge on any atom is -0.378 e. The van der Waals surface area contributed by atoms with Crippen LogP contribution in [0.15, 0.2) is 18.3 Å². The topological polar surface area (TPSA) is 39.5 Å². The third-order valence-corrected chi connectivity index (χ3v) is 3.70. The molecule has 0 bridgehead atoms. The standard InChI is InChI=1S/C14H21N3O2/c1-2-14(16-7-10-18-11-8-16)17-6-5-12(15-17)13-4-3-9-19-13/h2,5-6,13H,3-4,7-11H2,1H3/b14-2-. The molecule has 1 aromatic rings. The summed E-state index contributed by atoms with van der Waals surface area (Å²) < 4.78 is 13.0. The van der Waals surface area contributed by atoms with E-state index in [0.29, 0.717) is 0 Å². The molecule has 1 atom stereocenters. The molecule has 0 aliphatic carbocycles. The van der Waals surface area contributed by atoms with Crippen molar-refractivity contribution >= 4 is 5.82 Å². The van der Waals surface area contributed by atoms with Gasteiger partial charge in [0, 0.05) is 25.9 Å². The van der Waals surface area contributed by atoms with E-state index in [2.05, 4.69) is 29.1 Å². The molecule has 2 saturated heterocycles. The number of rotatable bonds is 3. The first-order chi connectivity index (χ1) is 9.38. The Bertz CT molecular complexity index is 443. The van der Waals surface area contributed by atoms with Crippen molar-refractivity contribution in [1.29, 1.82) is 0 Å². The van der Waals surface area contributed by atoms with Gasteiger partial charge in [-0.25, -0.2) is 4.68 Å². The fourth-order valence-corrected chi connectivity index (χ4v) is 2.70. The molecule has 0 saturated carbocycles. The molecule has 19 heavy (non-hydrogen) atoms. The molecule has 1 aromatic heterocycles. The maximum Gasteiger partial charge on any atom is 0.125 e. The number of aromatic nitrogens is 2. The van der Waals surface area contributed by atoms with E-state index < -0.39 is 0 Å². The van der Waals surface area contributed by atoms with Gasteiger partial charge in [-0.15, -0.1) is 0 Å². The molecule has 0 aromatic carbocycles. The van der Waals surface area contributed by atoms with E-state index >= 15 is 0 Å². The van der Waals surface area contributed by atoms with Crippen molar-refractivity contribution in [3.05, 3.63) is 24.0 Å². The Morgan fingerprint density at radius 3 is 2.89 bits per heavy atom. The second kappa shape index (κ2) is 5.75. The molecule has 2 aliphatic heterocycles. The lowest BCUT2D eigenvalue weighted by molar-refractivity contribution is 0.0610. The molecule has 2 aliphatic rings. The van der Waals surface area contributed by atoms with Gasteiger partial charge in [-0.3, -0.25) is 0 Å². The van der Waals surface area contributed by atoms with Crippen molar-refractivity contribution in [2.75, 3.05) is 32.9 Å². The number of morpholine rings is 1. The highest BCUT2D eigenvalue weighted by Crippen LogP contribution is 2.27. The van der Waals surface area contributed by atoms with Crippen molar-refractivity contribution < 1.29 is 9.47 Å². The summed E-state index contributed by atoms with van der Waals surface area (Å²) >= 11 is 0. The van der Waals surface area contributed by atoms with E-state index in [9.17, 15) is 0 Å². The molecular formula is C14H21N3O2. The van der Waals surface area contributed by atoms with Crippen LogP contribution in [-0.2, 0) is 9.47 Å². The molecule has 0 spiro atoms. The molecule has 2 fully saturated rings. The highest BCUT2D eigenvalue weighted by molar-refractivity contribution is 5.41. The summed E-state index contributed by atoms with van der Waals surface area (Å²) in [5, 5.41) is 4.68. The average Bonchev–Trinajstić information content (AvgIpc) is 3.11. The van der Waals surface area contributed by atoms with E-state index in [1.165, 1.54) is 0 Å². The summed E-state index contributed by atoms with van der Waals surface area (Å²) in [7, 11) is 0. The predicted octanol–water partition coefficient (Wildman–Crippen LogP) is 1.89. The van der Waals surface area contributed by atoms with E-state index in [4.69, 9.17) is 9.47 Å². The highest BCUT2D eigenvalue weighted by Gasteiger charge is 2.21. The zero-order chi connectivity index (χ0) is 13.1. The fraction of sp³-hybridized carbons (Fsp3) is 0.643. The zero-order valence-corrected chi connectivity index (χ0v) is 11.4. The highest BCUT2D eigenvalue weighted by atomic mass is 16.5. The molecular weight excluding hydrogens is 242 g/mol. The summed E-state index contributed by atoms with van der Waals surface area (Å²) in [5.74, 6) is 1.13. The van der Waals surface area contributed by atoms with Crippen molar-refractivity contribution in [3.8, 4) is 0 Å². The SMILES string of the molecule is C/C=C(/N1CCOCC1)n1ccc(C2CCCO2)n1. The van der Waals surface area contributed by atoms with Crippen LogP contribution in [0, 0.1) is 0 Å². The Kier molecular flexibility index (Phi) is 3.84. The van der Waals surface area contributed by atoms with Gasteiger partial charge < -0.3 is 14.4 Å². The molecule has 3 rings (SSSR count). The number of allylic oxidation sites excluding steroid dienone is 1. The molecule has 1 unspecified atom stereocenters. The van der Waals surface area contributed by atoms with Crippen LogP contribution in [-0.4, -0.2) is 47.6 Å². The molecule has 5 heteroatoms. The van der Waals surface area contributed by atoms with Crippen LogP contribution in [0.4, 0.5) is 0 Å². The Morgan fingerprint density at radius 2 is 2.21 bits per heavy atom. The number of hydrogen-bond donors (Lipinski definition) is 0. The number of nitrogens with zero attached hydrogens (tertiary/aromatic N) is 3. The lowest BCUT2D eigenvalue weighted by Gasteiger charge is -2.30. The van der Waals surface area contributed by atoms with Crippen molar-refractivity contribution in [2.45, 2.75) is 25.9 Å². The van der Waals surface area contributed by atoms with Crippen LogP contribution >= 0.6 is 0 Å². The first-order valence-electron chi connectivity index (χ1n) is 7.05. The van der Waals surface area contributed by atoms with Crippen LogP contribution in [0.2, 0.25) is 0 Å². The third-order valence-electron chi connectivity index (χ3n) is 3.70. The number of hydrogen-bond acceptors (Lipinski definition) is 4. The normalized spacial score (nSPS) is 25.0. The van der Waals surface area contributed by atoms with E-state index in [1.54, 1.807) is 0 Å². The van der Waals surface area contributed by atoms with Crippen molar-refractivity contribution in [2.24, 2.45) is 0 Å². The monoisotopic (exact) mass is 263 g/mol. The minimum atomic E-state index is 0.184. The Labute approximate surface area is 113 Å². The first-order valence-corrected chi connectivity index (χ1v) is 7.05. The largest absolute Gasteiger partial charge is 0.378 e. The summed E-state index contributed by atoms with van der Waals surface area (Å²) in [5.41, 5.74) is 1.05. The van der Waals surface area contributed by atoms with Gasteiger partial charge >= 0.3 is 0 Å². The van der Waals surface area contributed by atoms with Gasteiger partial charge in [-0.1, -0.05) is 0 Å². The van der Waals surface area contributed by atoms with Gasteiger partial charge in [0.05, 0.1) is 18.9 Å². The first kappa shape index (κ1) is 12.7. The lowest BCUT2D eigenvalue weighted by atomic mass is 10.2. The smallest absolute Gasteiger partial charge is 0.125 e. The average molecular weight is 263 g/mol. The molecule has 3 heterocycles. The molecule has 5 nitrogen and oxygen atoms in total. The third kappa shape index (κ3) is 2.67. The maximum absolute atomic E-state index is 5.68. The van der Waals surface area contributed by atoms with Crippen LogP contribution < -0.4 is 0 Å². The van der Waals surface area contributed by atoms with Crippen LogP contribution in [0.25, 0.3) is 5.82 Å².